The van der Waals surface area contributed by atoms with E-state index in [-0.39, 0.29) is 5.91 Å². The van der Waals surface area contributed by atoms with E-state index in [2.05, 4.69) is 51.5 Å². The molecule has 0 radical (unpaired) electrons. The summed E-state index contributed by atoms with van der Waals surface area (Å²) >= 11 is 0. The number of nitrogens with one attached hydrogen (secondary N) is 1. The Bertz CT molecular complexity index is 1420. The average Bonchev–Trinajstić information content (AvgIpc) is 3.33. The maximum atomic E-state index is 12.9. The van der Waals surface area contributed by atoms with Crippen molar-refractivity contribution in [3.8, 4) is 22.6 Å². The van der Waals surface area contributed by atoms with Gasteiger partial charge >= 0.3 is 0 Å². The van der Waals surface area contributed by atoms with Crippen LogP contribution >= 0.6 is 0 Å². The summed E-state index contributed by atoms with van der Waals surface area (Å²) in [6.45, 7) is 6.25. The molecule has 2 aliphatic heterocycles. The van der Waals surface area contributed by atoms with Crippen LogP contribution in [-0.4, -0.2) is 48.7 Å². The predicted octanol–water partition coefficient (Wildman–Crippen LogP) is 6.04. The zero-order valence-corrected chi connectivity index (χ0v) is 22.0. The van der Waals surface area contributed by atoms with Crippen molar-refractivity contribution >= 4 is 11.6 Å². The number of hydrogen-bond acceptors (Lipinski definition) is 5. The molecule has 1 amide bonds. The summed E-state index contributed by atoms with van der Waals surface area (Å²) in [6, 6.07) is 32.4. The molecular formula is C33H33N3O3. The Balaban J connectivity index is 1.03. The van der Waals surface area contributed by atoms with Gasteiger partial charge in [-0.1, -0.05) is 60.7 Å². The Hall–Kier alpha value is -4.13. The second kappa shape index (κ2) is 11.7. The van der Waals surface area contributed by atoms with E-state index >= 15 is 0 Å². The number of nitrogens with zero attached hydrogens (tertiary/aromatic N) is 2. The second-order valence-electron chi connectivity index (χ2n) is 10.2. The maximum Gasteiger partial charge on any atom is 0.255 e. The van der Waals surface area contributed by atoms with Crippen LogP contribution in [-0.2, 0) is 13.1 Å². The molecule has 0 saturated carbocycles. The van der Waals surface area contributed by atoms with E-state index in [1.165, 1.54) is 11.1 Å². The van der Waals surface area contributed by atoms with E-state index in [4.69, 9.17) is 9.47 Å². The average molecular weight is 520 g/mol. The Morgan fingerprint density at radius 1 is 0.667 bits per heavy atom. The highest BCUT2D eigenvalue weighted by molar-refractivity contribution is 6.04. The van der Waals surface area contributed by atoms with Gasteiger partial charge in [0.15, 0.2) is 11.5 Å². The largest absolute Gasteiger partial charge is 0.454 e. The zero-order chi connectivity index (χ0) is 26.4. The highest BCUT2D eigenvalue weighted by Gasteiger charge is 2.18. The van der Waals surface area contributed by atoms with Gasteiger partial charge in [0.1, 0.15) is 0 Å². The fourth-order valence-electron chi connectivity index (χ4n) is 5.29. The molecule has 2 heterocycles. The second-order valence-corrected chi connectivity index (χ2v) is 10.2. The van der Waals surface area contributed by atoms with E-state index in [0.717, 1.165) is 74.0 Å². The number of amides is 1. The molecule has 0 unspecified atom stereocenters. The molecule has 6 rings (SSSR count). The van der Waals surface area contributed by atoms with Crippen LogP contribution in [0.5, 0.6) is 11.5 Å². The third kappa shape index (κ3) is 6.30. The van der Waals surface area contributed by atoms with Crippen molar-refractivity contribution in [1.29, 1.82) is 0 Å². The first-order valence-electron chi connectivity index (χ1n) is 13.6. The van der Waals surface area contributed by atoms with Gasteiger partial charge in [-0.2, -0.15) is 0 Å². The third-order valence-electron chi connectivity index (χ3n) is 7.37. The number of carbonyl (C=O) groups is 1. The van der Waals surface area contributed by atoms with Crippen LogP contribution in [0, 0.1) is 0 Å². The van der Waals surface area contributed by atoms with E-state index in [9.17, 15) is 4.79 Å². The molecular weight excluding hydrogens is 486 g/mol. The molecule has 0 spiro atoms. The standard InChI is InChI=1S/C33H33N3O3/c37-33(29-13-11-28(12-14-29)27-7-2-1-3-8-27)34-30-9-4-6-25(20-30)22-35-16-5-17-36(19-18-35)23-26-10-15-31-32(21-26)39-24-38-31/h1-4,6-15,20-21H,5,16-19,22-24H2,(H,34,37). The number of rotatable bonds is 7. The minimum absolute atomic E-state index is 0.0966. The third-order valence-corrected chi connectivity index (χ3v) is 7.37. The highest BCUT2D eigenvalue weighted by Crippen LogP contribution is 2.33. The van der Waals surface area contributed by atoms with Crippen LogP contribution in [0.4, 0.5) is 5.69 Å². The van der Waals surface area contributed by atoms with Crippen LogP contribution in [0.15, 0.2) is 97.1 Å². The van der Waals surface area contributed by atoms with Crippen molar-refractivity contribution in [3.63, 3.8) is 0 Å². The maximum absolute atomic E-state index is 12.9. The normalized spacial score (nSPS) is 15.6. The molecule has 2 aliphatic rings. The molecule has 1 saturated heterocycles. The quantitative estimate of drug-likeness (QED) is 0.323. The fourth-order valence-corrected chi connectivity index (χ4v) is 5.29. The van der Waals surface area contributed by atoms with Gasteiger partial charge in [-0.25, -0.2) is 0 Å². The van der Waals surface area contributed by atoms with Crippen LogP contribution in [0.1, 0.15) is 27.9 Å². The van der Waals surface area contributed by atoms with Gasteiger partial charge in [0.2, 0.25) is 6.79 Å². The SMILES string of the molecule is O=C(Nc1cccc(CN2CCCN(Cc3ccc4c(c3)OCO4)CC2)c1)c1ccc(-c2ccccc2)cc1. The van der Waals surface area contributed by atoms with Gasteiger partial charge in [-0.15, -0.1) is 0 Å². The lowest BCUT2D eigenvalue weighted by Gasteiger charge is -2.22. The van der Waals surface area contributed by atoms with E-state index < -0.39 is 0 Å². The Kier molecular flexibility index (Phi) is 7.56. The van der Waals surface area contributed by atoms with Gasteiger partial charge in [-0.05, 0) is 78.2 Å². The number of carbonyl (C=O) groups excluding carboxylic acids is 1. The number of benzene rings is 4. The Morgan fingerprint density at radius 2 is 1.36 bits per heavy atom. The number of anilines is 1. The molecule has 6 nitrogen and oxygen atoms in total. The van der Waals surface area contributed by atoms with Crippen molar-refractivity contribution in [2.75, 3.05) is 38.3 Å². The smallest absolute Gasteiger partial charge is 0.255 e. The molecule has 39 heavy (non-hydrogen) atoms. The molecule has 4 aromatic rings. The van der Waals surface area contributed by atoms with Crippen molar-refractivity contribution < 1.29 is 14.3 Å². The predicted molar refractivity (Wildman–Crippen MR) is 154 cm³/mol. The lowest BCUT2D eigenvalue weighted by Crippen LogP contribution is -2.30. The fraction of sp³-hybridized carbons (Fsp3) is 0.242. The van der Waals surface area contributed by atoms with Crippen LogP contribution < -0.4 is 14.8 Å². The number of fused-ring (bicyclic) bond motifs is 1. The summed E-state index contributed by atoms with van der Waals surface area (Å²) in [6.07, 6.45) is 1.12. The molecule has 0 aromatic heterocycles. The van der Waals surface area contributed by atoms with Crippen molar-refractivity contribution in [2.45, 2.75) is 19.5 Å². The van der Waals surface area contributed by atoms with Crippen LogP contribution in [0.3, 0.4) is 0 Å². The topological polar surface area (TPSA) is 54.0 Å². The summed E-state index contributed by atoms with van der Waals surface area (Å²) in [5, 5.41) is 3.07. The summed E-state index contributed by atoms with van der Waals surface area (Å²) in [5.41, 5.74) is 6.17. The lowest BCUT2D eigenvalue weighted by molar-refractivity contribution is 0.102. The monoisotopic (exact) mass is 519 g/mol. The molecule has 0 aliphatic carbocycles. The van der Waals surface area contributed by atoms with Crippen LogP contribution in [0.2, 0.25) is 0 Å². The minimum Gasteiger partial charge on any atom is -0.454 e. The number of hydrogen-bond donors (Lipinski definition) is 1. The molecule has 1 fully saturated rings. The summed E-state index contributed by atoms with van der Waals surface area (Å²) in [4.78, 5) is 17.9. The number of ether oxygens (including phenoxy) is 2. The van der Waals surface area contributed by atoms with Crippen molar-refractivity contribution in [3.05, 3.63) is 114 Å². The van der Waals surface area contributed by atoms with Crippen LogP contribution in [0.25, 0.3) is 11.1 Å². The summed E-state index contributed by atoms with van der Waals surface area (Å²) < 4.78 is 11.0. The zero-order valence-electron chi connectivity index (χ0n) is 22.0. The van der Waals surface area contributed by atoms with Crippen molar-refractivity contribution in [2.24, 2.45) is 0 Å². The van der Waals surface area contributed by atoms with Gasteiger partial charge in [0.05, 0.1) is 0 Å². The first-order chi connectivity index (χ1) is 19.2. The molecule has 6 heteroatoms. The first-order valence-corrected chi connectivity index (χ1v) is 13.6. The van der Waals surface area contributed by atoms with Gasteiger partial charge in [0, 0.05) is 37.4 Å². The molecule has 4 aromatic carbocycles. The summed E-state index contributed by atoms with van der Waals surface area (Å²) in [5.74, 6) is 1.58. The highest BCUT2D eigenvalue weighted by atomic mass is 16.7. The molecule has 198 valence electrons. The molecule has 1 N–H and O–H groups in total. The minimum atomic E-state index is -0.0966. The lowest BCUT2D eigenvalue weighted by atomic mass is 10.0. The Labute approximate surface area is 229 Å². The van der Waals surface area contributed by atoms with Gasteiger partial charge < -0.3 is 14.8 Å². The molecule has 0 bridgehead atoms. The van der Waals surface area contributed by atoms with Gasteiger partial charge in [-0.3, -0.25) is 14.6 Å². The summed E-state index contributed by atoms with van der Waals surface area (Å²) in [7, 11) is 0. The van der Waals surface area contributed by atoms with E-state index in [0.29, 0.717) is 12.4 Å². The first kappa shape index (κ1) is 25.2. The van der Waals surface area contributed by atoms with Gasteiger partial charge in [0.25, 0.3) is 5.91 Å². The van der Waals surface area contributed by atoms with Crippen molar-refractivity contribution in [1.82, 2.24) is 9.80 Å². The van der Waals surface area contributed by atoms with E-state index in [1.807, 2.05) is 60.7 Å². The molecule has 0 atom stereocenters. The van der Waals surface area contributed by atoms with E-state index in [1.54, 1.807) is 0 Å². The Morgan fingerprint density at radius 3 is 2.13 bits per heavy atom.